The molecule has 1 aromatic rings. The van der Waals surface area contributed by atoms with E-state index in [1.807, 2.05) is 17.0 Å². The number of methoxy groups -OCH3 is 2. The van der Waals surface area contributed by atoms with Gasteiger partial charge in [0.1, 0.15) is 0 Å². The number of benzene rings is 1. The van der Waals surface area contributed by atoms with E-state index in [-0.39, 0.29) is 18.6 Å². The number of imide groups is 2. The molecule has 2 fully saturated rings. The Balaban J connectivity index is 1.49. The van der Waals surface area contributed by atoms with Gasteiger partial charge in [-0.2, -0.15) is 0 Å². The summed E-state index contributed by atoms with van der Waals surface area (Å²) in [7, 11) is 3.21. The topological polar surface area (TPSA) is 79.4 Å². The number of hydrogen-bond acceptors (Lipinski definition) is 6. The summed E-state index contributed by atoms with van der Waals surface area (Å²) in [6.45, 7) is 3.43. The third-order valence-electron chi connectivity index (χ3n) is 6.62. The van der Waals surface area contributed by atoms with Crippen LogP contribution in [0.15, 0.2) is 12.1 Å². The maximum Gasteiger partial charge on any atom is 0.335 e. The van der Waals surface area contributed by atoms with Crippen molar-refractivity contribution in [1.29, 1.82) is 0 Å². The third-order valence-corrected chi connectivity index (χ3v) is 6.62. The number of hydrogen-bond donors (Lipinski definition) is 0. The number of amides is 4. The Bertz CT molecular complexity index is 871. The fourth-order valence-electron chi connectivity index (χ4n) is 4.88. The van der Waals surface area contributed by atoms with Gasteiger partial charge in [-0.15, -0.1) is 0 Å². The molecule has 0 N–H and O–H groups in total. The molecular formula is C22H29N3O5. The van der Waals surface area contributed by atoms with Gasteiger partial charge in [0.2, 0.25) is 0 Å². The van der Waals surface area contributed by atoms with Crippen LogP contribution in [0.25, 0.3) is 0 Å². The summed E-state index contributed by atoms with van der Waals surface area (Å²) in [6.07, 6.45) is 4.60. The summed E-state index contributed by atoms with van der Waals surface area (Å²) in [5.74, 6) is 0.179. The molecule has 1 saturated heterocycles. The third kappa shape index (κ3) is 3.53. The molecule has 1 aromatic carbocycles. The van der Waals surface area contributed by atoms with E-state index in [0.717, 1.165) is 48.1 Å². The summed E-state index contributed by atoms with van der Waals surface area (Å²) >= 11 is 0. The van der Waals surface area contributed by atoms with Crippen LogP contribution in [0.5, 0.6) is 11.5 Å². The number of nitrogens with zero attached hydrogens (tertiary/aromatic N) is 3. The van der Waals surface area contributed by atoms with Crippen LogP contribution in [-0.4, -0.2) is 66.0 Å². The molecule has 1 aliphatic carbocycles. The second-order valence-electron chi connectivity index (χ2n) is 8.44. The number of fused-ring (bicyclic) bond motifs is 1. The van der Waals surface area contributed by atoms with Crippen molar-refractivity contribution in [3.8, 4) is 11.5 Å². The van der Waals surface area contributed by atoms with E-state index < -0.39 is 17.8 Å². The Kier molecular flexibility index (Phi) is 5.69. The van der Waals surface area contributed by atoms with Crippen molar-refractivity contribution in [2.45, 2.75) is 51.6 Å². The van der Waals surface area contributed by atoms with Gasteiger partial charge in [0.25, 0.3) is 0 Å². The minimum absolute atomic E-state index is 0.120. The van der Waals surface area contributed by atoms with Crippen LogP contribution in [0.4, 0.5) is 4.79 Å². The van der Waals surface area contributed by atoms with Crippen LogP contribution in [0.2, 0.25) is 0 Å². The maximum absolute atomic E-state index is 13.0. The van der Waals surface area contributed by atoms with Crippen molar-refractivity contribution in [1.82, 2.24) is 14.7 Å². The molecule has 4 rings (SSSR count). The minimum atomic E-state index is -0.712. The first kappa shape index (κ1) is 20.7. The summed E-state index contributed by atoms with van der Waals surface area (Å²) in [5.41, 5.74) is 2.23. The molecule has 30 heavy (non-hydrogen) atoms. The zero-order valence-corrected chi connectivity index (χ0v) is 17.8. The number of rotatable bonds is 5. The molecule has 0 aromatic heterocycles. The number of ether oxygens (including phenoxy) is 2. The van der Waals surface area contributed by atoms with Crippen LogP contribution in [-0.2, 0) is 22.6 Å². The van der Waals surface area contributed by atoms with Gasteiger partial charge in [0.15, 0.2) is 11.5 Å². The Hall–Kier alpha value is -2.61. The standard InChI is InChI=1S/C22H29N3O5/c1-14-6-4-5-7-17(14)25-21(27)20(26)24(22(25)28)13-23-9-8-15-10-18(29-2)19(30-3)11-16(15)12-23/h10-11,14,17H,4-9,12-13H2,1-3H3/t14-,17-/m1/s1. The normalized spacial score (nSPS) is 25.0. The van der Waals surface area contributed by atoms with E-state index in [1.165, 1.54) is 4.90 Å². The van der Waals surface area contributed by atoms with Crippen molar-refractivity contribution >= 4 is 17.8 Å². The van der Waals surface area contributed by atoms with Crippen molar-refractivity contribution in [3.63, 3.8) is 0 Å². The largest absolute Gasteiger partial charge is 0.493 e. The van der Waals surface area contributed by atoms with Crippen molar-refractivity contribution in [2.24, 2.45) is 5.92 Å². The SMILES string of the molecule is COc1cc2c(cc1OC)CN(CN1C(=O)C(=O)N([C@@H]3CCCC[C@H]3C)C1=O)CC2. The molecule has 0 unspecified atom stereocenters. The van der Waals surface area contributed by atoms with Crippen LogP contribution in [0, 0.1) is 5.92 Å². The lowest BCUT2D eigenvalue weighted by atomic mass is 9.85. The van der Waals surface area contributed by atoms with Gasteiger partial charge in [0.05, 0.1) is 20.9 Å². The Morgan fingerprint density at radius 3 is 2.30 bits per heavy atom. The molecule has 3 aliphatic rings. The van der Waals surface area contributed by atoms with E-state index in [1.54, 1.807) is 14.2 Å². The van der Waals surface area contributed by atoms with Crippen molar-refractivity contribution in [3.05, 3.63) is 23.3 Å². The summed E-state index contributed by atoms with van der Waals surface area (Å²) in [4.78, 5) is 42.6. The van der Waals surface area contributed by atoms with Gasteiger partial charge in [-0.3, -0.25) is 19.4 Å². The van der Waals surface area contributed by atoms with Crippen molar-refractivity contribution < 1.29 is 23.9 Å². The first-order chi connectivity index (χ1) is 14.4. The van der Waals surface area contributed by atoms with E-state index in [0.29, 0.717) is 24.6 Å². The van der Waals surface area contributed by atoms with E-state index in [2.05, 4.69) is 6.92 Å². The predicted octanol–water partition coefficient (Wildman–Crippen LogP) is 2.39. The van der Waals surface area contributed by atoms with E-state index >= 15 is 0 Å². The zero-order chi connectivity index (χ0) is 21.4. The summed E-state index contributed by atoms with van der Waals surface area (Å²) in [5, 5.41) is 0. The van der Waals surface area contributed by atoms with Gasteiger partial charge in [-0.05, 0) is 48.4 Å². The van der Waals surface area contributed by atoms with Crippen molar-refractivity contribution in [2.75, 3.05) is 27.4 Å². The molecule has 4 amide bonds. The number of carbonyl (C=O) groups excluding carboxylic acids is 3. The molecule has 0 spiro atoms. The Labute approximate surface area is 176 Å². The van der Waals surface area contributed by atoms with Gasteiger partial charge in [0, 0.05) is 19.1 Å². The fraction of sp³-hybridized carbons (Fsp3) is 0.591. The molecule has 8 nitrogen and oxygen atoms in total. The van der Waals surface area contributed by atoms with Gasteiger partial charge < -0.3 is 9.47 Å². The molecule has 8 heteroatoms. The molecular weight excluding hydrogens is 386 g/mol. The second kappa shape index (κ2) is 8.26. The highest BCUT2D eigenvalue weighted by Gasteiger charge is 2.49. The fourth-order valence-corrected chi connectivity index (χ4v) is 4.88. The lowest BCUT2D eigenvalue weighted by Gasteiger charge is -2.35. The van der Waals surface area contributed by atoms with Crippen LogP contribution in [0.1, 0.15) is 43.7 Å². The highest BCUT2D eigenvalue weighted by atomic mass is 16.5. The van der Waals surface area contributed by atoms with E-state index in [4.69, 9.17) is 9.47 Å². The monoisotopic (exact) mass is 415 g/mol. The highest BCUT2D eigenvalue weighted by molar-refractivity contribution is 6.44. The highest BCUT2D eigenvalue weighted by Crippen LogP contribution is 2.34. The second-order valence-corrected chi connectivity index (χ2v) is 8.44. The molecule has 2 heterocycles. The average Bonchev–Trinajstić information content (AvgIpc) is 2.96. The Morgan fingerprint density at radius 2 is 1.63 bits per heavy atom. The smallest absolute Gasteiger partial charge is 0.335 e. The molecule has 1 saturated carbocycles. The minimum Gasteiger partial charge on any atom is -0.493 e. The van der Waals surface area contributed by atoms with E-state index in [9.17, 15) is 14.4 Å². The summed E-state index contributed by atoms with van der Waals surface area (Å²) in [6, 6.07) is 3.27. The number of carbonyl (C=O) groups is 3. The molecule has 0 radical (unpaired) electrons. The zero-order valence-electron chi connectivity index (χ0n) is 17.8. The number of urea groups is 1. The molecule has 0 bridgehead atoms. The van der Waals surface area contributed by atoms with Crippen LogP contribution in [0.3, 0.4) is 0 Å². The Morgan fingerprint density at radius 1 is 0.967 bits per heavy atom. The molecule has 162 valence electrons. The van der Waals surface area contributed by atoms with Gasteiger partial charge >= 0.3 is 17.8 Å². The first-order valence-corrected chi connectivity index (χ1v) is 10.6. The van der Waals surface area contributed by atoms with Gasteiger partial charge in [-0.1, -0.05) is 19.8 Å². The van der Waals surface area contributed by atoms with Crippen LogP contribution >= 0.6 is 0 Å². The quantitative estimate of drug-likeness (QED) is 0.543. The molecule has 2 atom stereocenters. The average molecular weight is 415 g/mol. The van der Waals surface area contributed by atoms with Gasteiger partial charge in [-0.25, -0.2) is 9.69 Å². The molecule has 2 aliphatic heterocycles. The maximum atomic E-state index is 13.0. The predicted molar refractivity (Wildman–Crippen MR) is 109 cm³/mol. The first-order valence-electron chi connectivity index (χ1n) is 10.6. The van der Waals surface area contributed by atoms with Crippen LogP contribution < -0.4 is 9.47 Å². The lowest BCUT2D eigenvalue weighted by molar-refractivity contribution is -0.145. The lowest BCUT2D eigenvalue weighted by Crippen LogP contribution is -2.47. The summed E-state index contributed by atoms with van der Waals surface area (Å²) < 4.78 is 10.8.